The van der Waals surface area contributed by atoms with Gasteiger partial charge in [0.25, 0.3) is 0 Å². The molecule has 104 valence electrons. The monoisotopic (exact) mass is 267 g/mol. The van der Waals surface area contributed by atoms with Gasteiger partial charge in [-0.1, -0.05) is 0 Å². The first-order valence-corrected chi connectivity index (χ1v) is 6.36. The Morgan fingerprint density at radius 2 is 2.11 bits per heavy atom. The molecule has 1 aromatic rings. The molecular weight excluding hydrogens is 249 g/mol. The first-order valence-electron chi connectivity index (χ1n) is 6.36. The van der Waals surface area contributed by atoms with Gasteiger partial charge in [-0.25, -0.2) is 9.18 Å². The third-order valence-electron chi connectivity index (χ3n) is 3.31. The summed E-state index contributed by atoms with van der Waals surface area (Å²) in [4.78, 5) is 13.2. The predicted molar refractivity (Wildman–Crippen MR) is 71.9 cm³/mol. The number of nitrogens with one attached hydrogen (secondary N) is 1. The van der Waals surface area contributed by atoms with Crippen molar-refractivity contribution >= 4 is 17.3 Å². The van der Waals surface area contributed by atoms with Crippen LogP contribution in [0.15, 0.2) is 12.1 Å². The fourth-order valence-corrected chi connectivity index (χ4v) is 2.26. The molecule has 0 radical (unpaired) electrons. The molecule has 0 saturated carbocycles. The van der Waals surface area contributed by atoms with Crippen molar-refractivity contribution in [3.05, 3.63) is 23.5 Å². The number of aromatic carboxylic acids is 1. The number of halogens is 1. The smallest absolute Gasteiger partial charge is 0.337 e. The van der Waals surface area contributed by atoms with Crippen molar-refractivity contribution in [1.82, 2.24) is 4.90 Å². The molecule has 0 aliphatic carbocycles. The maximum Gasteiger partial charge on any atom is 0.337 e. The molecule has 5 nitrogen and oxygen atoms in total. The SMILES string of the molecule is Nc1cc(F)c(NCCN2CCCC2)cc1C(=O)O. The zero-order valence-corrected chi connectivity index (χ0v) is 10.7. The van der Waals surface area contributed by atoms with Gasteiger partial charge in [0.1, 0.15) is 5.82 Å². The normalized spacial score (nSPS) is 15.6. The van der Waals surface area contributed by atoms with E-state index in [1.54, 1.807) is 0 Å². The van der Waals surface area contributed by atoms with Gasteiger partial charge in [-0.2, -0.15) is 0 Å². The molecule has 0 unspecified atom stereocenters. The lowest BCUT2D eigenvalue weighted by Crippen LogP contribution is -2.26. The zero-order valence-electron chi connectivity index (χ0n) is 10.7. The van der Waals surface area contributed by atoms with Gasteiger partial charge in [0, 0.05) is 18.8 Å². The van der Waals surface area contributed by atoms with Gasteiger partial charge in [-0.3, -0.25) is 0 Å². The second-order valence-electron chi connectivity index (χ2n) is 4.70. The summed E-state index contributed by atoms with van der Waals surface area (Å²) < 4.78 is 13.6. The average molecular weight is 267 g/mol. The summed E-state index contributed by atoms with van der Waals surface area (Å²) in [5, 5.41) is 11.9. The molecule has 6 heteroatoms. The number of likely N-dealkylation sites (tertiary alicyclic amines) is 1. The highest BCUT2D eigenvalue weighted by Gasteiger charge is 2.14. The molecule has 0 spiro atoms. The van der Waals surface area contributed by atoms with Crippen molar-refractivity contribution in [3.63, 3.8) is 0 Å². The molecule has 1 fully saturated rings. The number of rotatable bonds is 5. The van der Waals surface area contributed by atoms with E-state index < -0.39 is 11.8 Å². The Hall–Kier alpha value is -1.82. The molecule has 0 aromatic heterocycles. The van der Waals surface area contributed by atoms with Crippen molar-refractivity contribution in [2.24, 2.45) is 0 Å². The summed E-state index contributed by atoms with van der Waals surface area (Å²) in [7, 11) is 0. The summed E-state index contributed by atoms with van der Waals surface area (Å²) in [6.07, 6.45) is 2.42. The fourth-order valence-electron chi connectivity index (χ4n) is 2.26. The number of nitrogen functional groups attached to an aromatic ring is 1. The molecule has 0 bridgehead atoms. The summed E-state index contributed by atoms with van der Waals surface area (Å²) >= 11 is 0. The van der Waals surface area contributed by atoms with Gasteiger partial charge in [0.05, 0.1) is 11.3 Å². The average Bonchev–Trinajstić information content (AvgIpc) is 2.84. The molecule has 1 aliphatic heterocycles. The predicted octanol–water partition coefficient (Wildman–Crippen LogP) is 1.61. The summed E-state index contributed by atoms with van der Waals surface area (Å²) in [6.45, 7) is 3.56. The Morgan fingerprint density at radius 3 is 2.74 bits per heavy atom. The van der Waals surface area contributed by atoms with Gasteiger partial charge >= 0.3 is 5.97 Å². The molecule has 1 aromatic carbocycles. The van der Waals surface area contributed by atoms with Crippen LogP contribution >= 0.6 is 0 Å². The second-order valence-corrected chi connectivity index (χ2v) is 4.70. The second kappa shape index (κ2) is 5.88. The minimum absolute atomic E-state index is 0.0601. The molecule has 1 saturated heterocycles. The number of nitrogens with two attached hydrogens (primary N) is 1. The third-order valence-corrected chi connectivity index (χ3v) is 3.31. The van der Waals surface area contributed by atoms with E-state index >= 15 is 0 Å². The largest absolute Gasteiger partial charge is 0.478 e. The first kappa shape index (κ1) is 13.6. The molecule has 4 N–H and O–H groups in total. The Morgan fingerprint density at radius 1 is 1.42 bits per heavy atom. The van der Waals surface area contributed by atoms with Crippen LogP contribution in [-0.4, -0.2) is 42.2 Å². The Kier molecular flexibility index (Phi) is 4.21. The van der Waals surface area contributed by atoms with Crippen molar-refractivity contribution in [1.29, 1.82) is 0 Å². The van der Waals surface area contributed by atoms with Crippen LogP contribution in [0.25, 0.3) is 0 Å². The van der Waals surface area contributed by atoms with Crippen LogP contribution in [0.3, 0.4) is 0 Å². The van der Waals surface area contributed by atoms with Crippen molar-refractivity contribution in [3.8, 4) is 0 Å². The fraction of sp³-hybridized carbons (Fsp3) is 0.462. The molecule has 2 rings (SSSR count). The molecule has 0 amide bonds. The Balaban J connectivity index is 1.98. The van der Waals surface area contributed by atoms with Crippen LogP contribution < -0.4 is 11.1 Å². The Labute approximate surface area is 111 Å². The minimum Gasteiger partial charge on any atom is -0.478 e. The number of hydrogen-bond acceptors (Lipinski definition) is 4. The summed E-state index contributed by atoms with van der Waals surface area (Å²) in [5.74, 6) is -1.68. The molecule has 1 heterocycles. The van der Waals surface area contributed by atoms with Crippen LogP contribution in [0.2, 0.25) is 0 Å². The quantitative estimate of drug-likeness (QED) is 0.706. The van der Waals surface area contributed by atoms with Gasteiger partial charge in [0.15, 0.2) is 0 Å². The summed E-state index contributed by atoms with van der Waals surface area (Å²) in [6, 6.07) is 2.29. The van der Waals surface area contributed by atoms with E-state index in [1.165, 1.54) is 18.9 Å². The van der Waals surface area contributed by atoms with E-state index in [0.29, 0.717) is 6.54 Å². The van der Waals surface area contributed by atoms with E-state index in [-0.39, 0.29) is 16.9 Å². The van der Waals surface area contributed by atoms with Gasteiger partial charge in [0.2, 0.25) is 0 Å². The number of carboxylic acid groups (broad SMARTS) is 1. The summed E-state index contributed by atoms with van der Waals surface area (Å²) in [5.41, 5.74) is 5.51. The number of nitrogens with zero attached hydrogens (tertiary/aromatic N) is 1. The van der Waals surface area contributed by atoms with Crippen LogP contribution in [0.4, 0.5) is 15.8 Å². The van der Waals surface area contributed by atoms with E-state index in [0.717, 1.165) is 25.7 Å². The molecule has 1 aliphatic rings. The lowest BCUT2D eigenvalue weighted by molar-refractivity contribution is 0.0698. The molecule has 0 atom stereocenters. The van der Waals surface area contributed by atoms with Crippen LogP contribution in [0.1, 0.15) is 23.2 Å². The highest BCUT2D eigenvalue weighted by Crippen LogP contribution is 2.22. The molecular formula is C13H18FN3O2. The lowest BCUT2D eigenvalue weighted by Gasteiger charge is -2.16. The van der Waals surface area contributed by atoms with Gasteiger partial charge in [-0.05, 0) is 38.1 Å². The Bertz CT molecular complexity index is 473. The van der Waals surface area contributed by atoms with E-state index in [1.807, 2.05) is 0 Å². The third kappa shape index (κ3) is 3.35. The van der Waals surface area contributed by atoms with Crippen molar-refractivity contribution < 1.29 is 14.3 Å². The minimum atomic E-state index is -1.15. The van der Waals surface area contributed by atoms with Crippen LogP contribution in [0, 0.1) is 5.82 Å². The number of carbonyl (C=O) groups is 1. The van der Waals surface area contributed by atoms with Gasteiger partial charge in [-0.15, -0.1) is 0 Å². The number of hydrogen-bond donors (Lipinski definition) is 3. The topological polar surface area (TPSA) is 78.6 Å². The van der Waals surface area contributed by atoms with E-state index in [9.17, 15) is 9.18 Å². The van der Waals surface area contributed by atoms with Crippen LogP contribution in [0.5, 0.6) is 0 Å². The van der Waals surface area contributed by atoms with E-state index in [2.05, 4.69) is 10.2 Å². The highest BCUT2D eigenvalue weighted by atomic mass is 19.1. The number of benzene rings is 1. The van der Waals surface area contributed by atoms with Gasteiger partial charge < -0.3 is 21.1 Å². The standard InChI is InChI=1S/C13H18FN3O2/c14-10-8-11(15)9(13(18)19)7-12(10)16-3-6-17-4-1-2-5-17/h7-8,16H,1-6,15H2,(H,18,19). The van der Waals surface area contributed by atoms with Crippen molar-refractivity contribution in [2.75, 3.05) is 37.2 Å². The lowest BCUT2D eigenvalue weighted by atomic mass is 10.1. The first-order chi connectivity index (χ1) is 9.08. The highest BCUT2D eigenvalue weighted by molar-refractivity contribution is 5.94. The molecule has 19 heavy (non-hydrogen) atoms. The van der Waals surface area contributed by atoms with E-state index in [4.69, 9.17) is 10.8 Å². The number of anilines is 2. The number of carboxylic acids is 1. The zero-order chi connectivity index (χ0) is 13.8. The van der Waals surface area contributed by atoms with Crippen molar-refractivity contribution in [2.45, 2.75) is 12.8 Å². The van der Waals surface area contributed by atoms with Crippen LogP contribution in [-0.2, 0) is 0 Å². The maximum absolute atomic E-state index is 13.6. The maximum atomic E-state index is 13.6.